The van der Waals surface area contributed by atoms with Crippen molar-refractivity contribution in [2.24, 2.45) is 0 Å². The number of allylic oxidation sites excluding steroid dienone is 2. The van der Waals surface area contributed by atoms with E-state index in [1.807, 2.05) is 0 Å². The van der Waals surface area contributed by atoms with Crippen molar-refractivity contribution in [1.29, 1.82) is 5.26 Å². The van der Waals surface area contributed by atoms with Crippen molar-refractivity contribution in [2.45, 2.75) is 75.5 Å². The normalized spacial score (nSPS) is 28.9. The lowest BCUT2D eigenvalue weighted by Gasteiger charge is -2.56. The molecule has 1 amide bonds. The third-order valence-electron chi connectivity index (χ3n) is 8.82. The van der Waals surface area contributed by atoms with Gasteiger partial charge < -0.3 is 10.2 Å². The van der Waals surface area contributed by atoms with E-state index in [2.05, 4.69) is 74.6 Å². The molecule has 0 saturated carbocycles. The molecular weight excluding hydrogens is 446 g/mol. The lowest BCUT2D eigenvalue weighted by molar-refractivity contribution is -0.137. The summed E-state index contributed by atoms with van der Waals surface area (Å²) >= 11 is 0. The molecular formula is C30H41N5O. The average molecular weight is 488 g/mol. The number of carbonyl (C=O) groups is 1. The van der Waals surface area contributed by atoms with Gasteiger partial charge in [-0.15, -0.1) is 0 Å². The average Bonchev–Trinajstić information content (AvgIpc) is 2.97. The van der Waals surface area contributed by atoms with Gasteiger partial charge in [-0.3, -0.25) is 14.6 Å². The van der Waals surface area contributed by atoms with Crippen LogP contribution in [0, 0.1) is 11.3 Å². The summed E-state index contributed by atoms with van der Waals surface area (Å²) in [5.41, 5.74) is 2.27. The molecule has 6 nitrogen and oxygen atoms in total. The van der Waals surface area contributed by atoms with Gasteiger partial charge in [0.15, 0.2) is 0 Å². The number of carbonyl (C=O) groups excluding carboxylic acids is 1. The van der Waals surface area contributed by atoms with Crippen molar-refractivity contribution in [3.05, 3.63) is 54.1 Å². The molecule has 2 unspecified atom stereocenters. The van der Waals surface area contributed by atoms with E-state index in [-0.39, 0.29) is 24.2 Å². The van der Waals surface area contributed by atoms with E-state index < -0.39 is 0 Å². The maximum Gasteiger partial charge on any atom is 0.238 e. The minimum atomic E-state index is -0.318. The highest BCUT2D eigenvalue weighted by atomic mass is 16.2. The molecule has 1 aromatic carbocycles. The minimum Gasteiger partial charge on any atom is -0.342 e. The van der Waals surface area contributed by atoms with E-state index in [0.717, 1.165) is 45.3 Å². The number of nitriles is 1. The van der Waals surface area contributed by atoms with Crippen LogP contribution in [0.3, 0.4) is 0 Å². The number of rotatable bonds is 6. The molecule has 5 rings (SSSR count). The summed E-state index contributed by atoms with van der Waals surface area (Å²) in [6, 6.07) is 13.3. The smallest absolute Gasteiger partial charge is 0.238 e. The highest BCUT2D eigenvalue weighted by Gasteiger charge is 2.48. The van der Waals surface area contributed by atoms with E-state index in [9.17, 15) is 4.79 Å². The van der Waals surface area contributed by atoms with E-state index in [0.29, 0.717) is 6.04 Å². The molecule has 192 valence electrons. The second-order valence-electron chi connectivity index (χ2n) is 10.9. The summed E-state index contributed by atoms with van der Waals surface area (Å²) in [5.74, 6) is 0.00282. The lowest BCUT2D eigenvalue weighted by atomic mass is 9.83. The van der Waals surface area contributed by atoms with Crippen molar-refractivity contribution in [2.75, 3.05) is 39.3 Å². The Labute approximate surface area is 216 Å². The van der Waals surface area contributed by atoms with Crippen LogP contribution in [0.25, 0.3) is 5.57 Å². The van der Waals surface area contributed by atoms with Crippen molar-refractivity contribution >= 4 is 11.5 Å². The molecule has 1 aliphatic carbocycles. The zero-order chi connectivity index (χ0) is 24.8. The van der Waals surface area contributed by atoms with Crippen LogP contribution in [-0.2, 0) is 4.79 Å². The molecule has 3 aliphatic heterocycles. The Morgan fingerprint density at radius 3 is 2.47 bits per heavy atom. The number of likely N-dealkylation sites (tertiary alicyclic amines) is 3. The lowest BCUT2D eigenvalue weighted by Crippen LogP contribution is -2.68. The molecule has 1 aromatic rings. The van der Waals surface area contributed by atoms with Crippen LogP contribution >= 0.6 is 0 Å². The number of piperidine rings is 3. The third kappa shape index (κ3) is 5.29. The quantitative estimate of drug-likeness (QED) is 0.610. The summed E-state index contributed by atoms with van der Waals surface area (Å²) in [6.45, 7) is 5.59. The predicted octanol–water partition coefficient (Wildman–Crippen LogP) is 4.17. The second kappa shape index (κ2) is 11.7. The van der Waals surface area contributed by atoms with Gasteiger partial charge in [-0.05, 0) is 68.8 Å². The standard InChI is InChI=1S/C30H41N5O/c31-17-18-32-29(36)28-13-5-8-21-35(28)30(16-9-12-26(24-30)25-10-3-1-4-11-25)34-22-14-27(15-23-34)33-19-6-2-7-20-33/h1,3-4,9-12,16,27-28H,2,5-8,13-15,18-24H2,(H,32,36). The van der Waals surface area contributed by atoms with Crippen LogP contribution in [0.5, 0.6) is 0 Å². The number of hydrogen-bond donors (Lipinski definition) is 1. The Morgan fingerprint density at radius 1 is 0.972 bits per heavy atom. The van der Waals surface area contributed by atoms with E-state index in [1.54, 1.807) is 0 Å². The Hall–Kier alpha value is -2.46. The number of hydrogen-bond acceptors (Lipinski definition) is 5. The summed E-state index contributed by atoms with van der Waals surface area (Å²) < 4.78 is 0. The summed E-state index contributed by atoms with van der Waals surface area (Å²) in [7, 11) is 0. The molecule has 6 heteroatoms. The van der Waals surface area contributed by atoms with Crippen LogP contribution < -0.4 is 5.32 Å². The summed E-state index contributed by atoms with van der Waals surface area (Å²) in [5, 5.41) is 11.9. The van der Waals surface area contributed by atoms with E-state index in [1.165, 1.54) is 56.3 Å². The molecule has 36 heavy (non-hydrogen) atoms. The molecule has 3 heterocycles. The molecule has 0 bridgehead atoms. The number of nitrogens with zero attached hydrogens (tertiary/aromatic N) is 4. The van der Waals surface area contributed by atoms with Gasteiger partial charge in [0.05, 0.1) is 17.8 Å². The van der Waals surface area contributed by atoms with Gasteiger partial charge in [-0.2, -0.15) is 5.26 Å². The Bertz CT molecular complexity index is 984. The molecule has 4 aliphatic rings. The Morgan fingerprint density at radius 2 is 1.72 bits per heavy atom. The molecule has 3 fully saturated rings. The second-order valence-corrected chi connectivity index (χ2v) is 10.9. The monoisotopic (exact) mass is 487 g/mol. The first-order chi connectivity index (χ1) is 17.7. The van der Waals surface area contributed by atoms with Crippen LogP contribution in [-0.4, -0.2) is 77.6 Å². The SMILES string of the molecule is N#CCNC(=O)C1CCCCN1C1(N2CCC(N3CCCCC3)CC2)C=CC=C(c2ccccc2)C1. The fraction of sp³-hybridized carbons (Fsp3) is 0.600. The van der Waals surface area contributed by atoms with E-state index >= 15 is 0 Å². The van der Waals surface area contributed by atoms with Gasteiger partial charge in [-0.1, -0.05) is 55.3 Å². The van der Waals surface area contributed by atoms with Gasteiger partial charge in [0.1, 0.15) is 6.54 Å². The molecule has 1 N–H and O–H groups in total. The molecule has 3 saturated heterocycles. The zero-order valence-electron chi connectivity index (χ0n) is 21.6. The van der Waals surface area contributed by atoms with Crippen molar-refractivity contribution < 1.29 is 4.79 Å². The number of benzene rings is 1. The van der Waals surface area contributed by atoms with Crippen molar-refractivity contribution in [1.82, 2.24) is 20.0 Å². The van der Waals surface area contributed by atoms with Gasteiger partial charge in [0.25, 0.3) is 0 Å². The molecule has 2 atom stereocenters. The van der Waals surface area contributed by atoms with Gasteiger partial charge >= 0.3 is 0 Å². The zero-order valence-corrected chi connectivity index (χ0v) is 21.6. The summed E-state index contributed by atoms with van der Waals surface area (Å²) in [4.78, 5) is 21.2. The van der Waals surface area contributed by atoms with E-state index in [4.69, 9.17) is 5.26 Å². The molecule has 0 spiro atoms. The third-order valence-corrected chi connectivity index (χ3v) is 8.82. The first kappa shape index (κ1) is 25.2. The first-order valence-electron chi connectivity index (χ1n) is 14.1. The fourth-order valence-electron chi connectivity index (χ4n) is 6.98. The molecule has 0 aromatic heterocycles. The van der Waals surface area contributed by atoms with Gasteiger partial charge in [-0.25, -0.2) is 0 Å². The van der Waals surface area contributed by atoms with Crippen LogP contribution in [0.2, 0.25) is 0 Å². The van der Waals surface area contributed by atoms with Crippen LogP contribution in [0.4, 0.5) is 0 Å². The van der Waals surface area contributed by atoms with Gasteiger partial charge in [0, 0.05) is 32.1 Å². The Balaban J connectivity index is 1.42. The van der Waals surface area contributed by atoms with Gasteiger partial charge in [0.2, 0.25) is 5.91 Å². The Kier molecular flexibility index (Phi) is 8.21. The topological polar surface area (TPSA) is 62.6 Å². The highest BCUT2D eigenvalue weighted by molar-refractivity contribution is 5.82. The van der Waals surface area contributed by atoms with Crippen molar-refractivity contribution in [3.63, 3.8) is 0 Å². The maximum absolute atomic E-state index is 13.3. The fourth-order valence-corrected chi connectivity index (χ4v) is 6.98. The van der Waals surface area contributed by atoms with Crippen LogP contribution in [0.1, 0.15) is 63.4 Å². The number of nitrogens with one attached hydrogen (secondary N) is 1. The highest BCUT2D eigenvalue weighted by Crippen LogP contribution is 2.42. The summed E-state index contributed by atoms with van der Waals surface area (Å²) in [6.07, 6.45) is 17.2. The maximum atomic E-state index is 13.3. The predicted molar refractivity (Wildman–Crippen MR) is 144 cm³/mol. The molecule has 0 radical (unpaired) electrons. The minimum absolute atomic E-state index is 0.00282. The van der Waals surface area contributed by atoms with Crippen molar-refractivity contribution in [3.8, 4) is 6.07 Å². The van der Waals surface area contributed by atoms with Crippen LogP contribution in [0.15, 0.2) is 48.6 Å². The largest absolute Gasteiger partial charge is 0.342 e. The number of amides is 1. The first-order valence-corrected chi connectivity index (χ1v) is 14.1.